The highest BCUT2D eigenvalue weighted by Crippen LogP contribution is 2.38. The molecule has 1 heterocycles. The maximum absolute atomic E-state index is 12.7. The van der Waals surface area contributed by atoms with Crippen molar-refractivity contribution >= 4 is 37.6 Å². The molecule has 0 spiro atoms. The fourth-order valence-electron chi connectivity index (χ4n) is 2.28. The van der Waals surface area contributed by atoms with E-state index in [4.69, 9.17) is 13.7 Å². The van der Waals surface area contributed by atoms with E-state index in [1.807, 2.05) is 6.92 Å². The first-order valence-electron chi connectivity index (χ1n) is 7.15. The van der Waals surface area contributed by atoms with Gasteiger partial charge in [0.25, 0.3) is 5.91 Å². The van der Waals surface area contributed by atoms with Gasteiger partial charge in [-0.25, -0.2) is 0 Å². The third-order valence-corrected chi connectivity index (χ3v) is 5.65. The van der Waals surface area contributed by atoms with Crippen molar-refractivity contribution in [3.63, 3.8) is 0 Å². The van der Waals surface area contributed by atoms with Crippen LogP contribution in [-0.2, 0) is 14.9 Å². The zero-order valence-corrected chi connectivity index (χ0v) is 15.7. The smallest absolute Gasteiger partial charge is 0.340 e. The summed E-state index contributed by atoms with van der Waals surface area (Å²) in [6, 6.07) is 7.66. The molecule has 0 aliphatic carbocycles. The first kappa shape index (κ1) is 17.6. The summed E-state index contributed by atoms with van der Waals surface area (Å²) in [5.41, 5.74) is 1.29. The minimum atomic E-state index is -4.16. The Labute approximate surface area is 153 Å². The van der Waals surface area contributed by atoms with E-state index < -0.39 is 10.1 Å². The molecule has 3 rings (SSSR count). The summed E-state index contributed by atoms with van der Waals surface area (Å²) in [6.07, 6.45) is 0. The molecule has 0 fully saturated rings. The minimum Gasteiger partial charge on any atom is -0.493 e. The van der Waals surface area contributed by atoms with Crippen LogP contribution in [0.5, 0.6) is 17.2 Å². The fraction of sp³-hybridized carbons (Fsp3) is 0.188. The number of anilines is 1. The van der Waals surface area contributed by atoms with Crippen molar-refractivity contribution < 1.29 is 26.9 Å². The van der Waals surface area contributed by atoms with Crippen molar-refractivity contribution in [3.05, 3.63) is 40.4 Å². The van der Waals surface area contributed by atoms with Gasteiger partial charge in [-0.15, -0.1) is 0 Å². The van der Waals surface area contributed by atoms with Crippen molar-refractivity contribution in [3.8, 4) is 17.2 Å². The number of rotatable bonds is 4. The molecule has 0 bridgehead atoms. The second kappa shape index (κ2) is 6.57. The lowest BCUT2D eigenvalue weighted by molar-refractivity contribution is -0.118. The van der Waals surface area contributed by atoms with E-state index >= 15 is 0 Å². The quantitative estimate of drug-likeness (QED) is 0.754. The molecule has 2 aromatic rings. The van der Waals surface area contributed by atoms with E-state index in [9.17, 15) is 13.2 Å². The summed E-state index contributed by atoms with van der Waals surface area (Å²) >= 11 is 3.19. The van der Waals surface area contributed by atoms with E-state index in [0.717, 1.165) is 5.56 Å². The standard InChI is InChI=1S/C16H14BrNO6S/c1-9-3-4-12(14(5-9)22-2)24-25(20,21)15-7-13-11(6-10(15)17)18-16(19)8-23-13/h3-7H,8H2,1-2H3,(H,18,19). The van der Waals surface area contributed by atoms with Gasteiger partial charge in [-0.3, -0.25) is 4.79 Å². The van der Waals surface area contributed by atoms with Crippen LogP contribution in [0.1, 0.15) is 5.56 Å². The molecule has 0 aromatic heterocycles. The SMILES string of the molecule is COc1cc(C)ccc1OS(=O)(=O)c1cc2c(cc1Br)NC(=O)CO2. The van der Waals surface area contributed by atoms with Gasteiger partial charge in [0, 0.05) is 10.5 Å². The lowest BCUT2D eigenvalue weighted by atomic mass is 10.2. The topological polar surface area (TPSA) is 90.9 Å². The number of carbonyl (C=O) groups excluding carboxylic acids is 1. The summed E-state index contributed by atoms with van der Waals surface area (Å²) in [7, 11) is -2.73. The van der Waals surface area contributed by atoms with Crippen LogP contribution in [0.25, 0.3) is 0 Å². The Morgan fingerprint density at radius 1 is 1.20 bits per heavy atom. The van der Waals surface area contributed by atoms with Gasteiger partial charge in [-0.1, -0.05) is 6.07 Å². The molecular weight excluding hydrogens is 414 g/mol. The molecule has 132 valence electrons. The molecule has 2 aromatic carbocycles. The van der Waals surface area contributed by atoms with E-state index in [0.29, 0.717) is 11.4 Å². The molecule has 25 heavy (non-hydrogen) atoms. The Hall–Kier alpha value is -2.26. The summed E-state index contributed by atoms with van der Waals surface area (Å²) in [5, 5.41) is 2.60. The van der Waals surface area contributed by atoms with E-state index in [-0.39, 0.29) is 33.4 Å². The van der Waals surface area contributed by atoms with Gasteiger partial charge in [0.1, 0.15) is 10.6 Å². The Balaban J connectivity index is 2.00. The number of nitrogens with one attached hydrogen (secondary N) is 1. The maximum Gasteiger partial charge on any atom is 0.340 e. The number of methoxy groups -OCH3 is 1. The van der Waals surface area contributed by atoms with E-state index in [1.54, 1.807) is 12.1 Å². The van der Waals surface area contributed by atoms with Crippen LogP contribution in [0.3, 0.4) is 0 Å². The second-order valence-electron chi connectivity index (χ2n) is 5.31. The average Bonchev–Trinajstić information content (AvgIpc) is 2.55. The van der Waals surface area contributed by atoms with Crippen molar-refractivity contribution in [1.29, 1.82) is 0 Å². The van der Waals surface area contributed by atoms with Crippen LogP contribution in [0.15, 0.2) is 39.7 Å². The van der Waals surface area contributed by atoms with Crippen LogP contribution in [0, 0.1) is 6.92 Å². The van der Waals surface area contributed by atoms with Crippen molar-refractivity contribution in [2.45, 2.75) is 11.8 Å². The summed E-state index contributed by atoms with van der Waals surface area (Å²) in [4.78, 5) is 11.2. The Morgan fingerprint density at radius 3 is 2.68 bits per heavy atom. The minimum absolute atomic E-state index is 0.0759. The number of amides is 1. The molecule has 0 atom stereocenters. The number of ether oxygens (including phenoxy) is 2. The number of fused-ring (bicyclic) bond motifs is 1. The van der Waals surface area contributed by atoms with E-state index in [1.165, 1.54) is 25.3 Å². The number of aryl methyl sites for hydroxylation is 1. The lowest BCUT2D eigenvalue weighted by Gasteiger charge is -2.19. The van der Waals surface area contributed by atoms with Crippen molar-refractivity contribution in [2.24, 2.45) is 0 Å². The molecule has 0 unspecified atom stereocenters. The summed E-state index contributed by atoms with van der Waals surface area (Å²) < 4.78 is 41.2. The van der Waals surface area contributed by atoms with Crippen LogP contribution >= 0.6 is 15.9 Å². The second-order valence-corrected chi connectivity index (χ2v) is 7.68. The van der Waals surface area contributed by atoms with Crippen molar-refractivity contribution in [2.75, 3.05) is 19.0 Å². The number of carbonyl (C=O) groups is 1. The van der Waals surface area contributed by atoms with Crippen LogP contribution in [0.2, 0.25) is 0 Å². The molecule has 1 N–H and O–H groups in total. The largest absolute Gasteiger partial charge is 0.493 e. The monoisotopic (exact) mass is 427 g/mol. The molecule has 0 radical (unpaired) electrons. The third kappa shape index (κ3) is 3.57. The van der Waals surface area contributed by atoms with Gasteiger partial charge in [0.05, 0.1) is 12.8 Å². The number of benzene rings is 2. The predicted molar refractivity (Wildman–Crippen MR) is 93.8 cm³/mol. The van der Waals surface area contributed by atoms with Gasteiger partial charge in [0.15, 0.2) is 18.1 Å². The zero-order chi connectivity index (χ0) is 18.2. The first-order chi connectivity index (χ1) is 11.8. The van der Waals surface area contributed by atoms with Gasteiger partial charge >= 0.3 is 10.1 Å². The maximum atomic E-state index is 12.7. The number of hydrogen-bond donors (Lipinski definition) is 1. The van der Waals surface area contributed by atoms with Crippen LogP contribution in [0.4, 0.5) is 5.69 Å². The Morgan fingerprint density at radius 2 is 1.96 bits per heavy atom. The molecule has 7 nitrogen and oxygen atoms in total. The highest BCUT2D eigenvalue weighted by atomic mass is 79.9. The van der Waals surface area contributed by atoms with Gasteiger partial charge < -0.3 is 19.0 Å². The zero-order valence-electron chi connectivity index (χ0n) is 13.3. The van der Waals surface area contributed by atoms with Crippen LogP contribution in [-0.4, -0.2) is 28.0 Å². The van der Waals surface area contributed by atoms with Gasteiger partial charge in [-0.2, -0.15) is 8.42 Å². The summed E-state index contributed by atoms with van der Waals surface area (Å²) in [5.74, 6) is 0.324. The molecule has 0 saturated carbocycles. The molecule has 9 heteroatoms. The lowest BCUT2D eigenvalue weighted by Crippen LogP contribution is -2.25. The highest BCUT2D eigenvalue weighted by Gasteiger charge is 2.26. The molecule has 1 amide bonds. The number of hydrogen-bond acceptors (Lipinski definition) is 6. The van der Waals surface area contributed by atoms with Gasteiger partial charge in [0.2, 0.25) is 0 Å². The molecule has 1 aliphatic heterocycles. The normalized spacial score (nSPS) is 13.5. The average molecular weight is 428 g/mol. The molecule has 1 aliphatic rings. The van der Waals surface area contributed by atoms with Crippen molar-refractivity contribution in [1.82, 2.24) is 0 Å². The molecule has 0 saturated heterocycles. The third-order valence-electron chi connectivity index (χ3n) is 3.45. The fourth-order valence-corrected chi connectivity index (χ4v) is 4.23. The first-order valence-corrected chi connectivity index (χ1v) is 9.35. The Bertz CT molecular complexity index is 957. The Kier molecular flexibility index (Phi) is 4.61. The van der Waals surface area contributed by atoms with E-state index in [2.05, 4.69) is 21.2 Å². The summed E-state index contributed by atoms with van der Waals surface area (Å²) in [6.45, 7) is 1.67. The van der Waals surface area contributed by atoms with Gasteiger partial charge in [-0.05, 0) is 46.6 Å². The highest BCUT2D eigenvalue weighted by molar-refractivity contribution is 9.10. The molecular formula is C16H14BrNO6S. The number of halogens is 1. The predicted octanol–water partition coefficient (Wildman–Crippen LogP) is 2.86. The van der Waals surface area contributed by atoms with Crippen LogP contribution < -0.4 is 19.0 Å².